The molecule has 1 aliphatic rings. The number of likely N-dealkylation sites (tertiary alicyclic amines) is 1. The van der Waals surface area contributed by atoms with E-state index in [9.17, 15) is 14.3 Å². The minimum Gasteiger partial charge on any atom is -0.493 e. The lowest BCUT2D eigenvalue weighted by Gasteiger charge is -2.29. The summed E-state index contributed by atoms with van der Waals surface area (Å²) in [7, 11) is 0. The van der Waals surface area contributed by atoms with Crippen LogP contribution in [0.1, 0.15) is 19.3 Å². The van der Waals surface area contributed by atoms with Crippen LogP contribution >= 0.6 is 0 Å². The molecule has 1 saturated heterocycles. The Labute approximate surface area is 218 Å². The monoisotopic (exact) mass is 520 g/mol. The zero-order valence-corrected chi connectivity index (χ0v) is 20.8. The average Bonchev–Trinajstić information content (AvgIpc) is 3.34. The molecule has 5 rings (SSSR count). The minimum atomic E-state index is -0.430. The van der Waals surface area contributed by atoms with Crippen LogP contribution < -0.4 is 15.4 Å². The number of amides is 1. The number of hydrogen-bond acceptors (Lipinski definition) is 9. The van der Waals surface area contributed by atoms with Crippen LogP contribution in [0.5, 0.6) is 5.75 Å². The van der Waals surface area contributed by atoms with Crippen LogP contribution in [-0.2, 0) is 11.3 Å². The zero-order valence-electron chi connectivity index (χ0n) is 20.8. The molecule has 0 aliphatic carbocycles. The SMILES string of the molecule is O=C(Cn1cc(Nc2ncnc3cc(OCCCN4CCC(O)CC4)ccc23)nn1)Nc1cccc(F)c1. The Balaban J connectivity index is 1.15. The number of ether oxygens (including phenoxy) is 1. The summed E-state index contributed by atoms with van der Waals surface area (Å²) in [4.78, 5) is 23.3. The van der Waals surface area contributed by atoms with Crippen molar-refractivity contribution in [2.24, 2.45) is 0 Å². The molecule has 4 aromatic rings. The molecule has 2 aromatic carbocycles. The third-order valence-electron chi connectivity index (χ3n) is 6.25. The van der Waals surface area contributed by atoms with Gasteiger partial charge in [0.05, 0.1) is 24.4 Å². The predicted octanol–water partition coefficient (Wildman–Crippen LogP) is 2.97. The van der Waals surface area contributed by atoms with E-state index in [1.807, 2.05) is 18.2 Å². The molecule has 3 N–H and O–H groups in total. The number of rotatable bonds is 10. The number of halogens is 1. The van der Waals surface area contributed by atoms with Gasteiger partial charge in [-0.1, -0.05) is 11.3 Å². The van der Waals surface area contributed by atoms with E-state index >= 15 is 0 Å². The molecule has 1 fully saturated rings. The quantitative estimate of drug-likeness (QED) is 0.270. The highest BCUT2D eigenvalue weighted by molar-refractivity contribution is 5.91. The molecule has 0 saturated carbocycles. The second kappa shape index (κ2) is 11.9. The van der Waals surface area contributed by atoms with Gasteiger partial charge in [-0.3, -0.25) is 4.79 Å². The molecule has 0 spiro atoms. The summed E-state index contributed by atoms with van der Waals surface area (Å²) in [5, 5.41) is 24.2. The van der Waals surface area contributed by atoms with E-state index in [1.54, 1.807) is 12.3 Å². The molecule has 198 valence electrons. The maximum atomic E-state index is 13.3. The van der Waals surface area contributed by atoms with Crippen molar-refractivity contribution in [3.05, 3.63) is 60.8 Å². The highest BCUT2D eigenvalue weighted by Gasteiger charge is 2.16. The van der Waals surface area contributed by atoms with Crippen LogP contribution in [0.2, 0.25) is 0 Å². The van der Waals surface area contributed by atoms with Gasteiger partial charge in [0, 0.05) is 36.8 Å². The lowest BCUT2D eigenvalue weighted by molar-refractivity contribution is -0.116. The van der Waals surface area contributed by atoms with E-state index in [1.165, 1.54) is 29.2 Å². The Morgan fingerprint density at radius 1 is 1.16 bits per heavy atom. The first-order chi connectivity index (χ1) is 18.5. The molecule has 0 radical (unpaired) electrons. The van der Waals surface area contributed by atoms with Crippen molar-refractivity contribution in [2.75, 3.05) is 36.9 Å². The average molecular weight is 521 g/mol. The largest absolute Gasteiger partial charge is 0.493 e. The highest BCUT2D eigenvalue weighted by Crippen LogP contribution is 2.25. The van der Waals surface area contributed by atoms with Crippen LogP contribution in [0, 0.1) is 5.82 Å². The topological polar surface area (TPSA) is 130 Å². The molecule has 1 amide bonds. The van der Waals surface area contributed by atoms with Gasteiger partial charge in [0.15, 0.2) is 5.82 Å². The van der Waals surface area contributed by atoms with E-state index in [0.717, 1.165) is 50.0 Å². The van der Waals surface area contributed by atoms with Gasteiger partial charge in [0.1, 0.15) is 30.3 Å². The zero-order chi connectivity index (χ0) is 26.3. The van der Waals surface area contributed by atoms with Crippen LogP contribution in [0.3, 0.4) is 0 Å². The number of aromatic nitrogens is 5. The molecule has 38 heavy (non-hydrogen) atoms. The summed E-state index contributed by atoms with van der Waals surface area (Å²) in [6.45, 7) is 3.32. The highest BCUT2D eigenvalue weighted by atomic mass is 19.1. The van der Waals surface area contributed by atoms with E-state index in [0.29, 0.717) is 29.4 Å². The van der Waals surface area contributed by atoms with Crippen molar-refractivity contribution in [3.8, 4) is 5.75 Å². The van der Waals surface area contributed by atoms with Gasteiger partial charge < -0.3 is 25.4 Å². The van der Waals surface area contributed by atoms with E-state index in [-0.39, 0.29) is 18.6 Å². The third-order valence-corrected chi connectivity index (χ3v) is 6.25. The summed E-state index contributed by atoms with van der Waals surface area (Å²) in [6.07, 6.45) is 5.46. The number of hydrogen-bond donors (Lipinski definition) is 3. The maximum Gasteiger partial charge on any atom is 0.246 e. The number of aliphatic hydroxyl groups excluding tert-OH is 1. The van der Waals surface area contributed by atoms with Crippen LogP contribution in [0.4, 0.5) is 21.7 Å². The van der Waals surface area contributed by atoms with Crippen molar-refractivity contribution in [1.29, 1.82) is 0 Å². The molecule has 2 aromatic heterocycles. The van der Waals surface area contributed by atoms with Gasteiger partial charge in [-0.15, -0.1) is 5.10 Å². The van der Waals surface area contributed by atoms with Gasteiger partial charge in [0.2, 0.25) is 5.91 Å². The number of benzene rings is 2. The number of nitrogens with zero attached hydrogens (tertiary/aromatic N) is 6. The van der Waals surface area contributed by atoms with Crippen molar-refractivity contribution in [2.45, 2.75) is 31.9 Å². The lowest BCUT2D eigenvalue weighted by atomic mass is 10.1. The molecule has 12 heteroatoms. The summed E-state index contributed by atoms with van der Waals surface area (Å²) in [6, 6.07) is 11.3. The van der Waals surface area contributed by atoms with E-state index < -0.39 is 5.82 Å². The van der Waals surface area contributed by atoms with Crippen molar-refractivity contribution < 1.29 is 19.0 Å². The first-order valence-corrected chi connectivity index (χ1v) is 12.5. The number of aliphatic hydroxyl groups is 1. The number of carbonyl (C=O) groups excluding carboxylic acids is 1. The number of nitrogens with one attached hydrogen (secondary N) is 2. The molecular formula is C26H29FN8O3. The number of fused-ring (bicyclic) bond motifs is 1. The van der Waals surface area contributed by atoms with Crippen LogP contribution in [0.15, 0.2) is 55.0 Å². The molecule has 0 bridgehead atoms. The first-order valence-electron chi connectivity index (χ1n) is 12.5. The van der Waals surface area contributed by atoms with Gasteiger partial charge in [0.25, 0.3) is 0 Å². The van der Waals surface area contributed by atoms with E-state index in [2.05, 4.69) is 35.8 Å². The van der Waals surface area contributed by atoms with Crippen molar-refractivity contribution in [1.82, 2.24) is 29.9 Å². The second-order valence-corrected chi connectivity index (χ2v) is 9.16. The van der Waals surface area contributed by atoms with Gasteiger partial charge in [-0.05, 0) is 49.6 Å². The number of anilines is 3. The Morgan fingerprint density at radius 3 is 2.87 bits per heavy atom. The molecule has 0 unspecified atom stereocenters. The number of carbonyl (C=O) groups is 1. The fraction of sp³-hybridized carbons (Fsp3) is 0.346. The standard InChI is InChI=1S/C26H29FN8O3/c27-18-3-1-4-19(13-18)30-25(37)16-35-15-24(32-33-35)31-26-22-6-5-21(14-23(22)28-17-29-26)38-12-2-9-34-10-7-20(36)8-11-34/h1,3-6,13-15,17,20,36H,2,7-12,16H2,(H,30,37)(H,28,29,31). The van der Waals surface area contributed by atoms with Gasteiger partial charge in [-0.2, -0.15) is 0 Å². The summed E-state index contributed by atoms with van der Waals surface area (Å²) in [5.41, 5.74) is 1.08. The molecule has 1 aliphatic heterocycles. The van der Waals surface area contributed by atoms with Gasteiger partial charge >= 0.3 is 0 Å². The van der Waals surface area contributed by atoms with Crippen LogP contribution in [0.25, 0.3) is 10.9 Å². The molecule has 0 atom stereocenters. The fourth-order valence-electron chi connectivity index (χ4n) is 4.32. The smallest absolute Gasteiger partial charge is 0.246 e. The maximum absolute atomic E-state index is 13.3. The normalized spacial score (nSPS) is 14.5. The lowest BCUT2D eigenvalue weighted by Crippen LogP contribution is -2.36. The van der Waals surface area contributed by atoms with Crippen molar-refractivity contribution >= 4 is 34.1 Å². The fourth-order valence-corrected chi connectivity index (χ4v) is 4.32. The predicted molar refractivity (Wildman–Crippen MR) is 140 cm³/mol. The Morgan fingerprint density at radius 2 is 2.03 bits per heavy atom. The minimum absolute atomic E-state index is 0.0872. The summed E-state index contributed by atoms with van der Waals surface area (Å²) >= 11 is 0. The van der Waals surface area contributed by atoms with Crippen LogP contribution in [-0.4, -0.2) is 73.2 Å². The third kappa shape index (κ3) is 6.78. The first kappa shape index (κ1) is 25.5. The summed E-state index contributed by atoms with van der Waals surface area (Å²) < 4.78 is 20.6. The molecule has 3 heterocycles. The Bertz CT molecular complexity index is 1390. The number of piperidine rings is 1. The Hall–Kier alpha value is -4.16. The van der Waals surface area contributed by atoms with E-state index in [4.69, 9.17) is 4.74 Å². The van der Waals surface area contributed by atoms with Gasteiger partial charge in [-0.25, -0.2) is 19.0 Å². The van der Waals surface area contributed by atoms with Crippen molar-refractivity contribution in [3.63, 3.8) is 0 Å². The second-order valence-electron chi connectivity index (χ2n) is 9.16. The molecular weight excluding hydrogens is 491 g/mol. The summed E-state index contributed by atoms with van der Waals surface area (Å²) in [5.74, 6) is 0.897. The Kier molecular flexibility index (Phi) is 8.00. The molecule has 11 nitrogen and oxygen atoms in total.